The van der Waals surface area contributed by atoms with Crippen LogP contribution in [0, 0.1) is 6.92 Å². The molecule has 0 bridgehead atoms. The van der Waals surface area contributed by atoms with Crippen molar-refractivity contribution in [1.82, 2.24) is 5.32 Å². The van der Waals surface area contributed by atoms with E-state index in [1.807, 2.05) is 26.0 Å². The number of nitrogens with two attached hydrogens (primary N) is 1. The summed E-state index contributed by atoms with van der Waals surface area (Å²) >= 11 is 0. The predicted octanol–water partition coefficient (Wildman–Crippen LogP) is 2.67. The van der Waals surface area contributed by atoms with Crippen molar-refractivity contribution in [2.24, 2.45) is 0 Å². The normalized spacial score (nSPS) is 11.9. The second-order valence-electron chi connectivity index (χ2n) is 4.60. The molecule has 0 saturated heterocycles. The van der Waals surface area contributed by atoms with Crippen molar-refractivity contribution in [3.05, 3.63) is 47.4 Å². The third-order valence-electron chi connectivity index (χ3n) is 3.01. The van der Waals surface area contributed by atoms with Gasteiger partial charge < -0.3 is 20.2 Å². The molecule has 0 saturated carbocycles. The highest BCUT2D eigenvalue weighted by atomic mass is 16.5. The van der Waals surface area contributed by atoms with E-state index in [1.54, 1.807) is 18.2 Å². The van der Waals surface area contributed by atoms with Crippen LogP contribution in [0.4, 0.5) is 5.69 Å². The van der Waals surface area contributed by atoms with Crippen molar-refractivity contribution in [2.45, 2.75) is 19.9 Å². The van der Waals surface area contributed by atoms with Gasteiger partial charge in [0.15, 0.2) is 0 Å². The molecule has 3 N–H and O–H groups in total. The molecule has 5 nitrogen and oxygen atoms in total. The van der Waals surface area contributed by atoms with E-state index in [9.17, 15) is 4.79 Å². The highest BCUT2D eigenvalue weighted by molar-refractivity contribution is 5.97. The molecule has 1 heterocycles. The van der Waals surface area contributed by atoms with Crippen molar-refractivity contribution < 1.29 is 13.9 Å². The van der Waals surface area contributed by atoms with Crippen LogP contribution in [0.5, 0.6) is 5.75 Å². The molecule has 1 aromatic carbocycles. The fourth-order valence-electron chi connectivity index (χ4n) is 1.93. The number of furan rings is 1. The molecule has 0 aliphatic rings. The average molecular weight is 274 g/mol. The number of rotatable bonds is 4. The van der Waals surface area contributed by atoms with Gasteiger partial charge in [-0.2, -0.15) is 0 Å². The quantitative estimate of drug-likeness (QED) is 0.840. The van der Waals surface area contributed by atoms with Crippen LogP contribution >= 0.6 is 0 Å². The first-order valence-electron chi connectivity index (χ1n) is 6.32. The summed E-state index contributed by atoms with van der Waals surface area (Å²) in [4.78, 5) is 12.3. The zero-order chi connectivity index (χ0) is 14.7. The molecule has 2 aromatic rings. The molecule has 0 aliphatic heterocycles. The summed E-state index contributed by atoms with van der Waals surface area (Å²) in [6.45, 7) is 3.72. The Morgan fingerprint density at radius 2 is 2.10 bits per heavy atom. The molecule has 0 radical (unpaired) electrons. The minimum atomic E-state index is -0.233. The van der Waals surface area contributed by atoms with Gasteiger partial charge >= 0.3 is 0 Å². The van der Waals surface area contributed by atoms with Crippen molar-refractivity contribution in [1.29, 1.82) is 0 Å². The Hall–Kier alpha value is -2.43. The van der Waals surface area contributed by atoms with Gasteiger partial charge in [-0.05, 0) is 38.1 Å². The van der Waals surface area contributed by atoms with Gasteiger partial charge in [-0.1, -0.05) is 0 Å². The first-order valence-corrected chi connectivity index (χ1v) is 6.32. The summed E-state index contributed by atoms with van der Waals surface area (Å²) < 4.78 is 10.7. The van der Waals surface area contributed by atoms with Crippen LogP contribution in [0.25, 0.3) is 0 Å². The Labute approximate surface area is 117 Å². The maximum absolute atomic E-state index is 12.3. The number of anilines is 1. The summed E-state index contributed by atoms with van der Waals surface area (Å²) in [7, 11) is 1.50. The number of amides is 1. The van der Waals surface area contributed by atoms with Crippen molar-refractivity contribution in [3.63, 3.8) is 0 Å². The Bertz CT molecular complexity index is 619. The maximum Gasteiger partial charge on any atom is 0.255 e. The molecule has 1 unspecified atom stereocenters. The lowest BCUT2D eigenvalue weighted by Crippen LogP contribution is -2.26. The third-order valence-corrected chi connectivity index (χ3v) is 3.01. The number of benzene rings is 1. The van der Waals surface area contributed by atoms with E-state index in [2.05, 4.69) is 5.32 Å². The lowest BCUT2D eigenvalue weighted by atomic mass is 10.1. The van der Waals surface area contributed by atoms with E-state index < -0.39 is 0 Å². The van der Waals surface area contributed by atoms with E-state index in [4.69, 9.17) is 14.9 Å². The zero-order valence-electron chi connectivity index (χ0n) is 11.8. The van der Waals surface area contributed by atoms with Gasteiger partial charge in [0.05, 0.1) is 18.7 Å². The molecule has 1 amide bonds. The first-order chi connectivity index (χ1) is 9.51. The van der Waals surface area contributed by atoms with Crippen molar-refractivity contribution >= 4 is 11.6 Å². The smallest absolute Gasteiger partial charge is 0.255 e. The number of hydrogen-bond donors (Lipinski definition) is 2. The zero-order valence-corrected chi connectivity index (χ0v) is 11.8. The number of carbonyl (C=O) groups excluding carboxylic acids is 1. The number of methoxy groups -OCH3 is 1. The van der Waals surface area contributed by atoms with Gasteiger partial charge in [-0.3, -0.25) is 4.79 Å². The molecule has 0 spiro atoms. The second kappa shape index (κ2) is 5.69. The standard InChI is InChI=1S/C15H18N2O3/c1-9-4-7-13(20-9)10(2)17-15(18)12-6-5-11(16)8-14(12)19-3/h4-8,10H,16H2,1-3H3,(H,17,18). The molecule has 20 heavy (non-hydrogen) atoms. The van der Waals surface area contributed by atoms with Gasteiger partial charge in [-0.15, -0.1) is 0 Å². The number of nitrogens with one attached hydrogen (secondary N) is 1. The van der Waals surface area contributed by atoms with Crippen LogP contribution in [0.1, 0.15) is 34.8 Å². The Morgan fingerprint density at radius 3 is 2.70 bits per heavy atom. The van der Waals surface area contributed by atoms with Crippen LogP contribution in [0.3, 0.4) is 0 Å². The summed E-state index contributed by atoms with van der Waals surface area (Å²) in [5.41, 5.74) is 6.66. The number of carbonyl (C=O) groups is 1. The predicted molar refractivity (Wildman–Crippen MR) is 76.7 cm³/mol. The van der Waals surface area contributed by atoms with E-state index in [-0.39, 0.29) is 11.9 Å². The van der Waals surface area contributed by atoms with Crippen LogP contribution < -0.4 is 15.8 Å². The minimum Gasteiger partial charge on any atom is -0.496 e. The number of aryl methyl sites for hydroxylation is 1. The average Bonchev–Trinajstić information content (AvgIpc) is 2.85. The topological polar surface area (TPSA) is 77.5 Å². The molecule has 0 fully saturated rings. The summed E-state index contributed by atoms with van der Waals surface area (Å²) in [6, 6.07) is 8.42. The molecule has 0 aliphatic carbocycles. The largest absolute Gasteiger partial charge is 0.496 e. The molecule has 1 aromatic heterocycles. The molecule has 5 heteroatoms. The fourth-order valence-corrected chi connectivity index (χ4v) is 1.93. The van der Waals surface area contributed by atoms with Gasteiger partial charge in [-0.25, -0.2) is 0 Å². The van der Waals surface area contributed by atoms with Crippen molar-refractivity contribution in [2.75, 3.05) is 12.8 Å². The van der Waals surface area contributed by atoms with E-state index in [0.717, 1.165) is 5.76 Å². The SMILES string of the molecule is COc1cc(N)ccc1C(=O)NC(C)c1ccc(C)o1. The highest BCUT2D eigenvalue weighted by Crippen LogP contribution is 2.23. The monoisotopic (exact) mass is 274 g/mol. The van der Waals surface area contributed by atoms with Gasteiger partial charge in [0, 0.05) is 11.8 Å². The van der Waals surface area contributed by atoms with Crippen LogP contribution in [-0.4, -0.2) is 13.0 Å². The van der Waals surface area contributed by atoms with E-state index in [1.165, 1.54) is 7.11 Å². The van der Waals surface area contributed by atoms with Crippen LogP contribution in [0.2, 0.25) is 0 Å². The van der Waals surface area contributed by atoms with Gasteiger partial charge in [0.1, 0.15) is 17.3 Å². The van der Waals surface area contributed by atoms with Crippen molar-refractivity contribution in [3.8, 4) is 5.75 Å². The van der Waals surface area contributed by atoms with Crippen LogP contribution in [-0.2, 0) is 0 Å². The molecular formula is C15H18N2O3. The number of ether oxygens (including phenoxy) is 1. The highest BCUT2D eigenvalue weighted by Gasteiger charge is 2.17. The molecular weight excluding hydrogens is 256 g/mol. The Balaban J connectivity index is 2.16. The number of hydrogen-bond acceptors (Lipinski definition) is 4. The van der Waals surface area contributed by atoms with E-state index in [0.29, 0.717) is 22.8 Å². The van der Waals surface area contributed by atoms with Gasteiger partial charge in [0.25, 0.3) is 5.91 Å². The lowest BCUT2D eigenvalue weighted by Gasteiger charge is -2.14. The second-order valence-corrected chi connectivity index (χ2v) is 4.60. The maximum atomic E-state index is 12.3. The first kappa shape index (κ1) is 14.0. The summed E-state index contributed by atoms with van der Waals surface area (Å²) in [5.74, 6) is 1.74. The minimum absolute atomic E-state index is 0.224. The molecule has 2 rings (SSSR count). The van der Waals surface area contributed by atoms with Gasteiger partial charge in [0.2, 0.25) is 0 Å². The molecule has 1 atom stereocenters. The summed E-state index contributed by atoms with van der Waals surface area (Å²) in [6.07, 6.45) is 0. The third kappa shape index (κ3) is 2.93. The van der Waals surface area contributed by atoms with Crippen LogP contribution in [0.15, 0.2) is 34.7 Å². The summed E-state index contributed by atoms with van der Waals surface area (Å²) in [5, 5.41) is 2.87. The molecule has 106 valence electrons. The lowest BCUT2D eigenvalue weighted by molar-refractivity contribution is 0.0932. The Kier molecular flexibility index (Phi) is 3.98. The van der Waals surface area contributed by atoms with E-state index >= 15 is 0 Å². The fraction of sp³-hybridized carbons (Fsp3) is 0.267. The Morgan fingerprint density at radius 1 is 1.35 bits per heavy atom. The number of nitrogen functional groups attached to an aromatic ring is 1.